The number of benzene rings is 2. The van der Waals surface area contributed by atoms with Crippen molar-refractivity contribution in [2.45, 2.75) is 66.5 Å². The third kappa shape index (κ3) is 4.71. The van der Waals surface area contributed by atoms with Gasteiger partial charge >= 0.3 is 0 Å². The largest absolute Gasteiger partial charge is 0.359 e. The average Bonchev–Trinajstić information content (AvgIpc) is 3.12. The highest BCUT2D eigenvalue weighted by molar-refractivity contribution is 6.13. The molecular formula is C29H40N4. The molecule has 0 aliphatic carbocycles. The van der Waals surface area contributed by atoms with E-state index in [1.807, 2.05) is 7.05 Å². The summed E-state index contributed by atoms with van der Waals surface area (Å²) in [4.78, 5) is 11.7. The van der Waals surface area contributed by atoms with Crippen LogP contribution < -0.4 is 9.80 Å². The lowest BCUT2D eigenvalue weighted by Crippen LogP contribution is -2.34. The van der Waals surface area contributed by atoms with Gasteiger partial charge in [0.1, 0.15) is 12.0 Å². The molecule has 176 valence electrons. The lowest BCUT2D eigenvalue weighted by atomic mass is 9.91. The van der Waals surface area contributed by atoms with E-state index in [1.165, 1.54) is 28.1 Å². The van der Waals surface area contributed by atoms with Crippen molar-refractivity contribution < 1.29 is 0 Å². The highest BCUT2D eigenvalue weighted by atomic mass is 15.4. The molecule has 0 radical (unpaired) electrons. The Morgan fingerprint density at radius 2 is 1.61 bits per heavy atom. The molecule has 0 saturated carbocycles. The first kappa shape index (κ1) is 24.6. The number of amidine groups is 1. The molecule has 1 heterocycles. The lowest BCUT2D eigenvalue weighted by molar-refractivity contribution is 0.383. The monoisotopic (exact) mass is 444 g/mol. The first-order valence-electron chi connectivity index (χ1n) is 12.0. The molecule has 33 heavy (non-hydrogen) atoms. The van der Waals surface area contributed by atoms with E-state index in [1.54, 1.807) is 0 Å². The maximum absolute atomic E-state index is 4.86. The van der Waals surface area contributed by atoms with E-state index in [-0.39, 0.29) is 6.17 Å². The fourth-order valence-corrected chi connectivity index (χ4v) is 4.60. The lowest BCUT2D eigenvalue weighted by Gasteiger charge is -2.32. The summed E-state index contributed by atoms with van der Waals surface area (Å²) in [6, 6.07) is 13.2. The van der Waals surface area contributed by atoms with Crippen LogP contribution >= 0.6 is 0 Å². The zero-order chi connectivity index (χ0) is 24.3. The van der Waals surface area contributed by atoms with Crippen molar-refractivity contribution >= 4 is 17.2 Å². The number of aliphatic imine (C=N–C) groups is 1. The summed E-state index contributed by atoms with van der Waals surface area (Å²) in [6.45, 7) is 15.6. The number of nitrogens with zero attached hydrogens (tertiary/aromatic N) is 4. The van der Waals surface area contributed by atoms with Crippen LogP contribution in [0.25, 0.3) is 0 Å². The summed E-state index contributed by atoms with van der Waals surface area (Å²) >= 11 is 0. The van der Waals surface area contributed by atoms with Crippen molar-refractivity contribution in [3.63, 3.8) is 0 Å². The molecule has 3 rings (SSSR count). The zero-order valence-electron chi connectivity index (χ0n) is 21.8. The molecule has 0 N–H and O–H groups in total. The van der Waals surface area contributed by atoms with Gasteiger partial charge in [0.2, 0.25) is 0 Å². The minimum Gasteiger partial charge on any atom is -0.359 e. The van der Waals surface area contributed by atoms with E-state index in [0.717, 1.165) is 11.4 Å². The maximum atomic E-state index is 4.86. The van der Waals surface area contributed by atoms with E-state index in [9.17, 15) is 0 Å². The van der Waals surface area contributed by atoms with Crippen molar-refractivity contribution in [3.8, 4) is 0 Å². The summed E-state index contributed by atoms with van der Waals surface area (Å²) < 4.78 is 0. The van der Waals surface area contributed by atoms with E-state index < -0.39 is 0 Å². The SMILES string of the molecule is C/C=C\N(/C(=N/C)c1cccc(N2C=CN(C)[C@@H]2C)c1C)c1c(C(C)C)cccc1C(C)C. The molecule has 2 aromatic carbocycles. The number of hydrogen-bond acceptors (Lipinski definition) is 3. The Kier molecular flexibility index (Phi) is 7.68. The first-order valence-corrected chi connectivity index (χ1v) is 12.0. The molecule has 1 aliphatic heterocycles. The average molecular weight is 445 g/mol. The third-order valence-electron chi connectivity index (χ3n) is 6.60. The van der Waals surface area contributed by atoms with Gasteiger partial charge in [0, 0.05) is 43.9 Å². The molecule has 0 spiro atoms. The van der Waals surface area contributed by atoms with Gasteiger partial charge in [-0.1, -0.05) is 64.1 Å². The molecule has 0 saturated heterocycles. The molecule has 0 unspecified atom stereocenters. The van der Waals surface area contributed by atoms with E-state index >= 15 is 0 Å². The van der Waals surface area contributed by atoms with Crippen LogP contribution in [-0.4, -0.2) is 31.0 Å². The van der Waals surface area contributed by atoms with Crippen LogP contribution in [0.5, 0.6) is 0 Å². The standard InChI is InChI=1S/C29H40N4/c1-10-17-33(28-24(20(2)3)13-11-14-25(28)21(4)5)29(30-8)26-15-12-16-27(22(26)6)32-19-18-31(9)23(32)7/h10-21,23H,1-9H3/b17-10-,30-29+/t23-/m0/s1. The Labute approximate surface area is 200 Å². The molecule has 1 aliphatic rings. The number of anilines is 2. The van der Waals surface area contributed by atoms with Crippen LogP contribution in [0, 0.1) is 6.92 Å². The highest BCUT2D eigenvalue weighted by Gasteiger charge is 2.26. The van der Waals surface area contributed by atoms with Crippen molar-refractivity contribution in [3.05, 3.63) is 83.3 Å². The topological polar surface area (TPSA) is 22.1 Å². The minimum absolute atomic E-state index is 0.279. The van der Waals surface area contributed by atoms with Gasteiger partial charge in [-0.2, -0.15) is 0 Å². The molecule has 1 atom stereocenters. The van der Waals surface area contributed by atoms with E-state index in [2.05, 4.69) is 131 Å². The molecule has 0 bridgehead atoms. The van der Waals surface area contributed by atoms with Crippen molar-refractivity contribution in [1.82, 2.24) is 4.90 Å². The van der Waals surface area contributed by atoms with Gasteiger partial charge in [-0.25, -0.2) is 0 Å². The van der Waals surface area contributed by atoms with Crippen molar-refractivity contribution in [2.75, 3.05) is 23.9 Å². The van der Waals surface area contributed by atoms with Crippen LogP contribution in [0.3, 0.4) is 0 Å². The van der Waals surface area contributed by atoms with Crippen molar-refractivity contribution in [2.24, 2.45) is 4.99 Å². The predicted molar refractivity (Wildman–Crippen MR) is 144 cm³/mol. The highest BCUT2D eigenvalue weighted by Crippen LogP contribution is 2.38. The van der Waals surface area contributed by atoms with Crippen LogP contribution in [-0.2, 0) is 0 Å². The minimum atomic E-state index is 0.279. The second kappa shape index (κ2) is 10.3. The smallest absolute Gasteiger partial charge is 0.139 e. The summed E-state index contributed by atoms with van der Waals surface area (Å²) in [7, 11) is 4.01. The molecule has 4 nitrogen and oxygen atoms in total. The number of rotatable bonds is 6. The molecule has 2 aromatic rings. The summed E-state index contributed by atoms with van der Waals surface area (Å²) in [5, 5.41) is 0. The third-order valence-corrected chi connectivity index (χ3v) is 6.60. The molecule has 0 fully saturated rings. The van der Waals surface area contributed by atoms with Gasteiger partial charge in [0.25, 0.3) is 0 Å². The summed E-state index contributed by atoms with van der Waals surface area (Å²) in [5.41, 5.74) is 7.52. The fourth-order valence-electron chi connectivity index (χ4n) is 4.60. The molecular weight excluding hydrogens is 404 g/mol. The van der Waals surface area contributed by atoms with Crippen LogP contribution in [0.1, 0.15) is 75.6 Å². The fraction of sp³-hybridized carbons (Fsp3) is 0.414. The quantitative estimate of drug-likeness (QED) is 0.347. The van der Waals surface area contributed by atoms with Gasteiger partial charge in [-0.05, 0) is 55.4 Å². The van der Waals surface area contributed by atoms with Gasteiger partial charge in [0.05, 0.1) is 5.69 Å². The van der Waals surface area contributed by atoms with Crippen LogP contribution in [0.4, 0.5) is 11.4 Å². The van der Waals surface area contributed by atoms with Gasteiger partial charge in [-0.15, -0.1) is 0 Å². The number of hydrogen-bond donors (Lipinski definition) is 0. The first-order chi connectivity index (χ1) is 15.7. The van der Waals surface area contributed by atoms with Gasteiger partial charge in [-0.3, -0.25) is 4.99 Å². The second-order valence-corrected chi connectivity index (χ2v) is 9.45. The molecule has 0 aromatic heterocycles. The van der Waals surface area contributed by atoms with Crippen molar-refractivity contribution in [1.29, 1.82) is 0 Å². The van der Waals surface area contributed by atoms with Crippen LogP contribution in [0.2, 0.25) is 0 Å². The van der Waals surface area contributed by atoms with E-state index in [4.69, 9.17) is 4.99 Å². The Morgan fingerprint density at radius 3 is 2.09 bits per heavy atom. The summed E-state index contributed by atoms with van der Waals surface area (Å²) in [6.07, 6.45) is 8.83. The Morgan fingerprint density at radius 1 is 1.00 bits per heavy atom. The number of allylic oxidation sites excluding steroid dienone is 1. The Bertz CT molecular complexity index is 1040. The molecule has 0 amide bonds. The second-order valence-electron chi connectivity index (χ2n) is 9.45. The zero-order valence-corrected chi connectivity index (χ0v) is 21.8. The van der Waals surface area contributed by atoms with E-state index in [0.29, 0.717) is 11.8 Å². The maximum Gasteiger partial charge on any atom is 0.139 e. The van der Waals surface area contributed by atoms with Crippen LogP contribution in [0.15, 0.2) is 66.1 Å². The predicted octanol–water partition coefficient (Wildman–Crippen LogP) is 7.23. The molecule has 4 heteroatoms. The normalized spacial score (nSPS) is 16.7. The Hall–Kier alpha value is -3.01. The summed E-state index contributed by atoms with van der Waals surface area (Å²) in [5.74, 6) is 1.78. The Balaban J connectivity index is 2.21. The van der Waals surface area contributed by atoms with Gasteiger partial charge < -0.3 is 14.7 Å². The van der Waals surface area contributed by atoms with Gasteiger partial charge in [0.15, 0.2) is 0 Å². The number of para-hydroxylation sites is 1.